The number of amides is 1. The average molecular weight is 347 g/mol. The lowest BCUT2D eigenvalue weighted by molar-refractivity contribution is -0.119. The van der Waals surface area contributed by atoms with Crippen molar-refractivity contribution in [1.82, 2.24) is 15.3 Å². The number of halogens is 1. The molecule has 6 heteroatoms. The fourth-order valence-corrected chi connectivity index (χ4v) is 3.73. The summed E-state index contributed by atoms with van der Waals surface area (Å²) in [5.41, 5.74) is 1.69. The number of benzene rings is 1. The van der Waals surface area contributed by atoms with Crippen molar-refractivity contribution in [3.63, 3.8) is 0 Å². The minimum absolute atomic E-state index is 0.0542. The van der Waals surface area contributed by atoms with E-state index in [-0.39, 0.29) is 11.7 Å². The molecule has 1 aromatic heterocycles. The molecule has 1 aliphatic rings. The summed E-state index contributed by atoms with van der Waals surface area (Å²) in [5.74, 6) is 0.695. The standard InChI is InChI=1S/C18H22FN3OS/c1-12-4-2-3-5-15(12)21-17(23)11-24-18-20-10-16(22-18)13-6-8-14(19)9-7-13/h6-10,12,15H,2-5,11H2,1H3,(H,20,22)(H,21,23). The molecule has 2 atom stereocenters. The van der Waals surface area contributed by atoms with E-state index in [4.69, 9.17) is 0 Å². The summed E-state index contributed by atoms with van der Waals surface area (Å²) in [6, 6.07) is 6.55. The first-order chi connectivity index (χ1) is 11.6. The predicted molar refractivity (Wildman–Crippen MR) is 94.3 cm³/mol. The van der Waals surface area contributed by atoms with E-state index in [2.05, 4.69) is 22.2 Å². The molecule has 128 valence electrons. The Labute approximate surface area is 145 Å². The Kier molecular flexibility index (Phi) is 5.56. The second kappa shape index (κ2) is 7.83. The van der Waals surface area contributed by atoms with Gasteiger partial charge in [0.2, 0.25) is 5.91 Å². The Bertz CT molecular complexity index is 686. The third kappa shape index (κ3) is 4.38. The number of carbonyl (C=O) groups excluding carboxylic acids is 1. The van der Waals surface area contributed by atoms with E-state index in [1.807, 2.05) is 0 Å². The number of nitrogens with one attached hydrogen (secondary N) is 2. The molecule has 2 aromatic rings. The lowest BCUT2D eigenvalue weighted by Crippen LogP contribution is -2.41. The maximum Gasteiger partial charge on any atom is 0.230 e. The predicted octanol–water partition coefficient (Wildman–Crippen LogP) is 4.00. The van der Waals surface area contributed by atoms with Crippen LogP contribution in [0, 0.1) is 11.7 Å². The average Bonchev–Trinajstić information content (AvgIpc) is 3.05. The molecule has 0 saturated heterocycles. The van der Waals surface area contributed by atoms with Crippen molar-refractivity contribution in [1.29, 1.82) is 0 Å². The first-order valence-corrected chi connectivity index (χ1v) is 9.33. The topological polar surface area (TPSA) is 57.8 Å². The van der Waals surface area contributed by atoms with Gasteiger partial charge >= 0.3 is 0 Å². The van der Waals surface area contributed by atoms with Gasteiger partial charge in [0.25, 0.3) is 0 Å². The molecule has 2 N–H and O–H groups in total. The molecule has 0 spiro atoms. The number of H-pyrrole nitrogens is 1. The van der Waals surface area contributed by atoms with Gasteiger partial charge in [-0.25, -0.2) is 9.37 Å². The van der Waals surface area contributed by atoms with Gasteiger partial charge in [-0.2, -0.15) is 0 Å². The SMILES string of the molecule is CC1CCCCC1NC(=O)CSc1ncc(-c2ccc(F)cc2)[nH]1. The van der Waals surface area contributed by atoms with Crippen LogP contribution in [0.4, 0.5) is 4.39 Å². The van der Waals surface area contributed by atoms with Crippen molar-refractivity contribution in [2.75, 3.05) is 5.75 Å². The molecule has 1 fully saturated rings. The molecule has 4 nitrogen and oxygen atoms in total. The van der Waals surface area contributed by atoms with Crippen LogP contribution in [0.3, 0.4) is 0 Å². The first-order valence-electron chi connectivity index (χ1n) is 8.35. The van der Waals surface area contributed by atoms with Crippen LogP contribution in [-0.2, 0) is 4.79 Å². The Morgan fingerprint density at radius 2 is 2.08 bits per heavy atom. The van der Waals surface area contributed by atoms with E-state index >= 15 is 0 Å². The zero-order chi connectivity index (χ0) is 16.9. The van der Waals surface area contributed by atoms with Crippen LogP contribution in [0.2, 0.25) is 0 Å². The molecule has 0 radical (unpaired) electrons. The van der Waals surface area contributed by atoms with Crippen molar-refractivity contribution in [2.24, 2.45) is 5.92 Å². The van der Waals surface area contributed by atoms with E-state index in [1.54, 1.807) is 18.3 Å². The highest BCUT2D eigenvalue weighted by molar-refractivity contribution is 7.99. The summed E-state index contributed by atoms with van der Waals surface area (Å²) in [6.07, 6.45) is 6.43. The number of imidazole rings is 1. The summed E-state index contributed by atoms with van der Waals surface area (Å²) < 4.78 is 13.0. The number of aromatic nitrogens is 2. The lowest BCUT2D eigenvalue weighted by atomic mass is 9.86. The normalized spacial score (nSPS) is 20.8. The second-order valence-corrected chi connectivity index (χ2v) is 7.30. The molecule has 0 bridgehead atoms. The van der Waals surface area contributed by atoms with Gasteiger partial charge in [0.15, 0.2) is 5.16 Å². The van der Waals surface area contributed by atoms with Crippen LogP contribution in [-0.4, -0.2) is 27.7 Å². The zero-order valence-corrected chi connectivity index (χ0v) is 14.5. The molecule has 2 unspecified atom stereocenters. The highest BCUT2D eigenvalue weighted by atomic mass is 32.2. The third-order valence-corrected chi connectivity index (χ3v) is 5.39. The van der Waals surface area contributed by atoms with Crippen molar-refractivity contribution in [3.8, 4) is 11.3 Å². The number of hydrogen-bond donors (Lipinski definition) is 2. The van der Waals surface area contributed by atoms with E-state index < -0.39 is 0 Å². The molecule has 1 heterocycles. The number of rotatable bonds is 5. The molecule has 3 rings (SSSR count). The Balaban J connectivity index is 1.51. The van der Waals surface area contributed by atoms with Crippen LogP contribution in [0.5, 0.6) is 0 Å². The number of carbonyl (C=O) groups is 1. The molecule has 1 saturated carbocycles. The molecule has 0 aliphatic heterocycles. The largest absolute Gasteiger partial charge is 0.352 e. The Morgan fingerprint density at radius 1 is 1.33 bits per heavy atom. The van der Waals surface area contributed by atoms with Gasteiger partial charge in [-0.3, -0.25) is 4.79 Å². The molecular weight excluding hydrogens is 325 g/mol. The number of nitrogens with zero attached hydrogens (tertiary/aromatic N) is 1. The first kappa shape index (κ1) is 17.0. The van der Waals surface area contributed by atoms with Gasteiger partial charge in [-0.05, 0) is 48.6 Å². The number of thioether (sulfide) groups is 1. The quantitative estimate of drug-likeness (QED) is 0.804. The van der Waals surface area contributed by atoms with Crippen molar-refractivity contribution < 1.29 is 9.18 Å². The van der Waals surface area contributed by atoms with E-state index in [9.17, 15) is 9.18 Å². The Hall–Kier alpha value is -1.82. The van der Waals surface area contributed by atoms with Crippen molar-refractivity contribution in [2.45, 2.75) is 43.8 Å². The lowest BCUT2D eigenvalue weighted by Gasteiger charge is -2.29. The third-order valence-electron chi connectivity index (χ3n) is 4.51. The smallest absolute Gasteiger partial charge is 0.230 e. The van der Waals surface area contributed by atoms with E-state index in [0.717, 1.165) is 17.7 Å². The fraction of sp³-hybridized carbons (Fsp3) is 0.444. The summed E-state index contributed by atoms with van der Waals surface area (Å²) in [4.78, 5) is 19.6. The molecule has 1 aliphatic carbocycles. The summed E-state index contributed by atoms with van der Waals surface area (Å²) >= 11 is 1.38. The van der Waals surface area contributed by atoms with Gasteiger partial charge < -0.3 is 10.3 Å². The van der Waals surface area contributed by atoms with Gasteiger partial charge in [0.05, 0.1) is 17.6 Å². The summed E-state index contributed by atoms with van der Waals surface area (Å²) in [7, 11) is 0. The van der Waals surface area contributed by atoms with E-state index in [1.165, 1.54) is 43.2 Å². The zero-order valence-electron chi connectivity index (χ0n) is 13.7. The number of aromatic amines is 1. The Morgan fingerprint density at radius 3 is 2.83 bits per heavy atom. The van der Waals surface area contributed by atoms with Crippen LogP contribution in [0.1, 0.15) is 32.6 Å². The van der Waals surface area contributed by atoms with Crippen LogP contribution in [0.25, 0.3) is 11.3 Å². The maximum atomic E-state index is 13.0. The summed E-state index contributed by atoms with van der Waals surface area (Å²) in [5, 5.41) is 3.84. The van der Waals surface area contributed by atoms with E-state index in [0.29, 0.717) is 22.9 Å². The fourth-order valence-electron chi connectivity index (χ4n) is 3.07. The monoisotopic (exact) mass is 347 g/mol. The minimum Gasteiger partial charge on any atom is -0.352 e. The highest BCUT2D eigenvalue weighted by Crippen LogP contribution is 2.24. The molecule has 1 amide bonds. The van der Waals surface area contributed by atoms with Crippen LogP contribution < -0.4 is 5.32 Å². The number of hydrogen-bond acceptors (Lipinski definition) is 3. The highest BCUT2D eigenvalue weighted by Gasteiger charge is 2.22. The molecule has 24 heavy (non-hydrogen) atoms. The van der Waals surface area contributed by atoms with Gasteiger partial charge in [0.1, 0.15) is 5.82 Å². The molecule has 1 aromatic carbocycles. The molecular formula is C18H22FN3OS. The van der Waals surface area contributed by atoms with Crippen molar-refractivity contribution in [3.05, 3.63) is 36.3 Å². The van der Waals surface area contributed by atoms with Gasteiger partial charge in [-0.15, -0.1) is 0 Å². The van der Waals surface area contributed by atoms with Crippen molar-refractivity contribution >= 4 is 17.7 Å². The van der Waals surface area contributed by atoms with Gasteiger partial charge in [-0.1, -0.05) is 31.5 Å². The second-order valence-electron chi connectivity index (χ2n) is 6.33. The van der Waals surface area contributed by atoms with Crippen LogP contribution >= 0.6 is 11.8 Å². The van der Waals surface area contributed by atoms with Crippen LogP contribution in [0.15, 0.2) is 35.6 Å². The summed E-state index contributed by atoms with van der Waals surface area (Å²) in [6.45, 7) is 2.21. The maximum absolute atomic E-state index is 13.0. The minimum atomic E-state index is -0.263. The van der Waals surface area contributed by atoms with Gasteiger partial charge in [0, 0.05) is 6.04 Å².